The van der Waals surface area contributed by atoms with Gasteiger partial charge in [-0.1, -0.05) is 71.8 Å². The molecule has 3 nitrogen and oxygen atoms in total. The SMILES string of the molecule is C=CCC(CCCCCCCCCCCO[Si](C)(C)C(C)(C)C)OC(C)=O. The fraction of sp³-hybridized carbons (Fsp3) is 0.870. The minimum atomic E-state index is -1.55. The summed E-state index contributed by atoms with van der Waals surface area (Å²) < 4.78 is 11.5. The number of esters is 1. The van der Waals surface area contributed by atoms with Crippen molar-refractivity contribution in [2.45, 2.75) is 123 Å². The Morgan fingerprint density at radius 2 is 1.44 bits per heavy atom. The minimum absolute atomic E-state index is 0.0218. The molecule has 0 aliphatic carbocycles. The maximum atomic E-state index is 11.1. The maximum absolute atomic E-state index is 11.1. The molecule has 0 amide bonds. The minimum Gasteiger partial charge on any atom is -0.462 e. The summed E-state index contributed by atoms with van der Waals surface area (Å²) in [6, 6.07) is 0. The van der Waals surface area contributed by atoms with Crippen molar-refractivity contribution in [3.8, 4) is 0 Å². The molecule has 0 fully saturated rings. The fourth-order valence-electron chi connectivity index (χ4n) is 2.90. The topological polar surface area (TPSA) is 35.5 Å². The van der Waals surface area contributed by atoms with Gasteiger partial charge in [-0.25, -0.2) is 0 Å². The van der Waals surface area contributed by atoms with Crippen molar-refractivity contribution in [3.05, 3.63) is 12.7 Å². The normalized spacial score (nSPS) is 13.4. The smallest absolute Gasteiger partial charge is 0.302 e. The van der Waals surface area contributed by atoms with Crippen LogP contribution in [0.1, 0.15) is 98.3 Å². The zero-order chi connectivity index (χ0) is 20.8. The Morgan fingerprint density at radius 3 is 1.89 bits per heavy atom. The Morgan fingerprint density at radius 1 is 0.963 bits per heavy atom. The summed E-state index contributed by atoms with van der Waals surface area (Å²) in [4.78, 5) is 11.1. The van der Waals surface area contributed by atoms with Crippen molar-refractivity contribution in [1.82, 2.24) is 0 Å². The van der Waals surface area contributed by atoms with Crippen molar-refractivity contribution < 1.29 is 14.0 Å². The van der Waals surface area contributed by atoms with Crippen LogP contribution in [-0.2, 0) is 14.0 Å². The van der Waals surface area contributed by atoms with Crippen LogP contribution >= 0.6 is 0 Å². The molecule has 0 aliphatic rings. The highest BCUT2D eigenvalue weighted by molar-refractivity contribution is 6.74. The van der Waals surface area contributed by atoms with E-state index in [1.807, 2.05) is 6.08 Å². The second kappa shape index (κ2) is 14.4. The number of rotatable bonds is 16. The van der Waals surface area contributed by atoms with Crippen molar-refractivity contribution in [1.29, 1.82) is 0 Å². The number of hydrogen-bond donors (Lipinski definition) is 0. The van der Waals surface area contributed by atoms with Gasteiger partial charge in [0.1, 0.15) is 6.10 Å². The quantitative estimate of drug-likeness (QED) is 0.117. The first-order valence-electron chi connectivity index (χ1n) is 11.0. The molecule has 0 aromatic carbocycles. The van der Waals surface area contributed by atoms with Crippen LogP contribution in [0.2, 0.25) is 18.1 Å². The molecular weight excluding hydrogens is 352 g/mol. The van der Waals surface area contributed by atoms with Crippen LogP contribution in [0.15, 0.2) is 12.7 Å². The largest absolute Gasteiger partial charge is 0.462 e. The van der Waals surface area contributed by atoms with E-state index in [0.29, 0.717) is 5.04 Å². The van der Waals surface area contributed by atoms with Gasteiger partial charge in [0.05, 0.1) is 0 Å². The Labute approximate surface area is 170 Å². The molecule has 0 aliphatic heterocycles. The van der Waals surface area contributed by atoms with Crippen LogP contribution in [0.25, 0.3) is 0 Å². The molecule has 0 N–H and O–H groups in total. The third kappa shape index (κ3) is 14.1. The highest BCUT2D eigenvalue weighted by Gasteiger charge is 2.36. The molecule has 0 saturated heterocycles. The first-order chi connectivity index (χ1) is 12.6. The van der Waals surface area contributed by atoms with Gasteiger partial charge in [0.25, 0.3) is 0 Å². The Balaban J connectivity index is 3.50. The van der Waals surface area contributed by atoms with E-state index in [1.54, 1.807) is 0 Å². The van der Waals surface area contributed by atoms with Crippen LogP contribution in [0, 0.1) is 0 Å². The van der Waals surface area contributed by atoms with Gasteiger partial charge in [0, 0.05) is 20.0 Å². The third-order valence-corrected chi connectivity index (χ3v) is 10.2. The number of carbonyl (C=O) groups excluding carboxylic acids is 1. The first kappa shape index (κ1) is 26.4. The molecule has 0 aromatic rings. The number of unbranched alkanes of at least 4 members (excludes halogenated alkanes) is 8. The van der Waals surface area contributed by atoms with E-state index in [4.69, 9.17) is 9.16 Å². The molecular formula is C23H46O3Si. The van der Waals surface area contributed by atoms with Gasteiger partial charge in [-0.3, -0.25) is 4.79 Å². The lowest BCUT2D eigenvalue weighted by Crippen LogP contribution is -2.40. The van der Waals surface area contributed by atoms with Gasteiger partial charge in [-0.05, 0) is 37.4 Å². The van der Waals surface area contributed by atoms with E-state index in [-0.39, 0.29) is 12.1 Å². The molecule has 160 valence electrons. The molecule has 0 spiro atoms. The summed E-state index contributed by atoms with van der Waals surface area (Å²) in [5.74, 6) is -0.184. The summed E-state index contributed by atoms with van der Waals surface area (Å²) in [5, 5.41) is 0.316. The van der Waals surface area contributed by atoms with Crippen LogP contribution in [0.4, 0.5) is 0 Å². The van der Waals surface area contributed by atoms with Gasteiger partial charge < -0.3 is 9.16 Å². The summed E-state index contributed by atoms with van der Waals surface area (Å²) in [5.41, 5.74) is 0. The highest BCUT2D eigenvalue weighted by atomic mass is 28.4. The standard InChI is InChI=1S/C23H46O3Si/c1-8-18-22(26-21(2)24)19-16-14-12-10-9-11-13-15-17-20-25-27(6,7)23(3,4)5/h8,22H,1,9-20H2,2-7H3. The lowest BCUT2D eigenvalue weighted by atomic mass is 10.0. The molecule has 0 aromatic heterocycles. The molecule has 0 radical (unpaired) electrons. The van der Waals surface area contributed by atoms with Crippen LogP contribution in [-0.4, -0.2) is 27.0 Å². The van der Waals surface area contributed by atoms with Gasteiger partial charge in [0.2, 0.25) is 0 Å². The monoisotopic (exact) mass is 398 g/mol. The predicted octanol–water partition coefficient (Wildman–Crippen LogP) is 7.42. The maximum Gasteiger partial charge on any atom is 0.302 e. The number of carbonyl (C=O) groups is 1. The average Bonchev–Trinajstić information content (AvgIpc) is 2.54. The van der Waals surface area contributed by atoms with Gasteiger partial charge in [-0.15, -0.1) is 6.58 Å². The zero-order valence-corrected chi connectivity index (χ0v) is 20.1. The molecule has 4 heteroatoms. The molecule has 1 unspecified atom stereocenters. The van der Waals surface area contributed by atoms with E-state index in [2.05, 4.69) is 40.4 Å². The van der Waals surface area contributed by atoms with Gasteiger partial charge >= 0.3 is 5.97 Å². The van der Waals surface area contributed by atoms with Crippen molar-refractivity contribution in [2.75, 3.05) is 6.61 Å². The predicted molar refractivity (Wildman–Crippen MR) is 120 cm³/mol. The first-order valence-corrected chi connectivity index (χ1v) is 13.9. The van der Waals surface area contributed by atoms with Crippen LogP contribution < -0.4 is 0 Å². The molecule has 0 saturated carbocycles. The fourth-order valence-corrected chi connectivity index (χ4v) is 3.99. The second-order valence-electron chi connectivity index (χ2n) is 9.34. The number of hydrogen-bond acceptors (Lipinski definition) is 3. The van der Waals surface area contributed by atoms with Crippen LogP contribution in [0.3, 0.4) is 0 Å². The van der Waals surface area contributed by atoms with Crippen LogP contribution in [0.5, 0.6) is 0 Å². The van der Waals surface area contributed by atoms with E-state index < -0.39 is 8.32 Å². The molecule has 0 bridgehead atoms. The highest BCUT2D eigenvalue weighted by Crippen LogP contribution is 2.36. The van der Waals surface area contributed by atoms with E-state index in [1.165, 1.54) is 58.3 Å². The zero-order valence-electron chi connectivity index (χ0n) is 19.1. The van der Waals surface area contributed by atoms with Crippen molar-refractivity contribution in [2.24, 2.45) is 0 Å². The van der Waals surface area contributed by atoms with E-state index >= 15 is 0 Å². The summed E-state index contributed by atoms with van der Waals surface area (Å²) >= 11 is 0. The average molecular weight is 399 g/mol. The Kier molecular flexibility index (Phi) is 14.1. The summed E-state index contributed by atoms with van der Waals surface area (Å²) in [6.45, 7) is 17.7. The number of ether oxygens (including phenoxy) is 1. The molecule has 1 atom stereocenters. The van der Waals surface area contributed by atoms with Crippen molar-refractivity contribution in [3.63, 3.8) is 0 Å². The third-order valence-electron chi connectivity index (χ3n) is 5.70. The van der Waals surface area contributed by atoms with Gasteiger partial charge in [0.15, 0.2) is 8.32 Å². The molecule has 0 rings (SSSR count). The Hall–Kier alpha value is -0.613. The Bertz CT molecular complexity index is 399. The second-order valence-corrected chi connectivity index (χ2v) is 14.1. The summed E-state index contributed by atoms with van der Waals surface area (Å²) in [6.07, 6.45) is 15.1. The lowest BCUT2D eigenvalue weighted by molar-refractivity contribution is -0.146. The molecule has 0 heterocycles. The molecule has 27 heavy (non-hydrogen) atoms. The lowest BCUT2D eigenvalue weighted by Gasteiger charge is -2.36. The summed E-state index contributed by atoms with van der Waals surface area (Å²) in [7, 11) is -1.55. The van der Waals surface area contributed by atoms with Gasteiger partial charge in [-0.2, -0.15) is 0 Å². The van der Waals surface area contributed by atoms with Crippen molar-refractivity contribution >= 4 is 14.3 Å². The van der Waals surface area contributed by atoms with E-state index in [0.717, 1.165) is 25.9 Å². The van der Waals surface area contributed by atoms with E-state index in [9.17, 15) is 4.79 Å².